The summed E-state index contributed by atoms with van der Waals surface area (Å²) in [6, 6.07) is 0.624. The first-order chi connectivity index (χ1) is 9.56. The molecule has 0 saturated heterocycles. The largest absolute Gasteiger partial charge is 0.361 e. The molecule has 1 aliphatic rings. The molecule has 112 valence electrons. The summed E-state index contributed by atoms with van der Waals surface area (Å²) in [5, 5.41) is 7.01. The summed E-state index contributed by atoms with van der Waals surface area (Å²) >= 11 is 1.60. The van der Waals surface area contributed by atoms with Gasteiger partial charge in [-0.15, -0.1) is 11.8 Å². The fourth-order valence-corrected chi connectivity index (χ4v) is 3.47. The van der Waals surface area contributed by atoms with Crippen LogP contribution in [0, 0.1) is 13.8 Å². The Morgan fingerprint density at radius 2 is 2.10 bits per heavy atom. The molecule has 1 aromatic heterocycles. The summed E-state index contributed by atoms with van der Waals surface area (Å²) < 4.78 is 5.11. The number of nitrogens with one attached hydrogen (secondary N) is 1. The van der Waals surface area contributed by atoms with Crippen LogP contribution in [-0.4, -0.2) is 28.9 Å². The average molecular weight is 297 g/mol. The molecular formula is C14H23N3O2S. The molecule has 0 spiro atoms. The van der Waals surface area contributed by atoms with Crippen molar-refractivity contribution in [2.45, 2.75) is 57.4 Å². The van der Waals surface area contributed by atoms with Gasteiger partial charge in [-0.1, -0.05) is 5.16 Å². The fraction of sp³-hybridized carbons (Fsp3) is 0.714. The van der Waals surface area contributed by atoms with E-state index in [4.69, 9.17) is 10.3 Å². The Kier molecular flexibility index (Phi) is 5.48. The summed E-state index contributed by atoms with van der Waals surface area (Å²) in [6.07, 6.45) is 4.03. The van der Waals surface area contributed by atoms with E-state index in [1.807, 2.05) is 13.8 Å². The molecule has 1 heterocycles. The quantitative estimate of drug-likeness (QED) is 0.867. The number of aryl methyl sites for hydroxylation is 2. The number of thioether (sulfide) groups is 1. The zero-order valence-electron chi connectivity index (χ0n) is 12.1. The normalized spacial score (nSPS) is 22.8. The lowest BCUT2D eigenvalue weighted by Gasteiger charge is -2.26. The van der Waals surface area contributed by atoms with Crippen LogP contribution in [0.2, 0.25) is 0 Å². The van der Waals surface area contributed by atoms with Crippen molar-refractivity contribution in [1.29, 1.82) is 0 Å². The molecule has 6 heteroatoms. The maximum atomic E-state index is 11.9. The maximum absolute atomic E-state index is 11.9. The molecule has 0 aliphatic heterocycles. The minimum Gasteiger partial charge on any atom is -0.361 e. The van der Waals surface area contributed by atoms with E-state index in [2.05, 4.69) is 10.5 Å². The van der Waals surface area contributed by atoms with Gasteiger partial charge in [-0.25, -0.2) is 0 Å². The molecule has 3 N–H and O–H groups in total. The van der Waals surface area contributed by atoms with E-state index in [0.717, 1.165) is 48.5 Å². The number of nitrogens with zero attached hydrogens (tertiary/aromatic N) is 1. The molecule has 1 fully saturated rings. The third kappa shape index (κ3) is 4.24. The lowest BCUT2D eigenvalue weighted by Crippen LogP contribution is -2.41. The van der Waals surface area contributed by atoms with Gasteiger partial charge in [0.2, 0.25) is 5.91 Å². The van der Waals surface area contributed by atoms with Crippen molar-refractivity contribution in [3.8, 4) is 0 Å². The number of carbonyl (C=O) groups is 1. The fourth-order valence-electron chi connectivity index (χ4n) is 2.49. The first-order valence-electron chi connectivity index (χ1n) is 7.10. The molecular weight excluding hydrogens is 274 g/mol. The molecule has 0 aromatic carbocycles. The summed E-state index contributed by atoms with van der Waals surface area (Å²) in [5.74, 6) is 2.20. The van der Waals surface area contributed by atoms with Crippen molar-refractivity contribution in [1.82, 2.24) is 10.5 Å². The van der Waals surface area contributed by atoms with Crippen LogP contribution < -0.4 is 11.1 Å². The van der Waals surface area contributed by atoms with Crippen LogP contribution >= 0.6 is 11.8 Å². The third-order valence-corrected chi connectivity index (χ3v) is 4.76. The van der Waals surface area contributed by atoms with Gasteiger partial charge in [0, 0.05) is 23.4 Å². The van der Waals surface area contributed by atoms with Gasteiger partial charge in [0.1, 0.15) is 5.76 Å². The van der Waals surface area contributed by atoms with Gasteiger partial charge in [0.25, 0.3) is 0 Å². The van der Waals surface area contributed by atoms with Gasteiger partial charge in [-0.05, 0) is 39.5 Å². The van der Waals surface area contributed by atoms with Crippen molar-refractivity contribution in [3.05, 3.63) is 17.0 Å². The Bertz CT molecular complexity index is 434. The summed E-state index contributed by atoms with van der Waals surface area (Å²) in [7, 11) is 0. The van der Waals surface area contributed by atoms with Gasteiger partial charge >= 0.3 is 0 Å². The van der Waals surface area contributed by atoms with Crippen molar-refractivity contribution < 1.29 is 9.32 Å². The summed E-state index contributed by atoms with van der Waals surface area (Å²) in [6.45, 7) is 3.83. The first-order valence-corrected chi connectivity index (χ1v) is 8.26. The highest BCUT2D eigenvalue weighted by molar-refractivity contribution is 7.99. The van der Waals surface area contributed by atoms with Gasteiger partial charge < -0.3 is 15.6 Å². The first kappa shape index (κ1) is 15.4. The standard InChI is InChI=1S/C14H23N3O2S/c1-9-13(10(2)19-17-9)7-20-8-14(18)16-12-5-3-11(15)4-6-12/h11-12H,3-8,15H2,1-2H3,(H,16,18). The minimum atomic E-state index is 0.113. The molecule has 0 unspecified atom stereocenters. The molecule has 1 aliphatic carbocycles. The van der Waals surface area contributed by atoms with Crippen LogP contribution in [0.4, 0.5) is 0 Å². The number of hydrogen-bond acceptors (Lipinski definition) is 5. The van der Waals surface area contributed by atoms with E-state index < -0.39 is 0 Å². The minimum absolute atomic E-state index is 0.113. The van der Waals surface area contributed by atoms with Crippen LogP contribution in [0.15, 0.2) is 4.52 Å². The Hall–Kier alpha value is -1.01. The highest BCUT2D eigenvalue weighted by Crippen LogP contribution is 2.20. The van der Waals surface area contributed by atoms with E-state index in [0.29, 0.717) is 17.8 Å². The van der Waals surface area contributed by atoms with Crippen molar-refractivity contribution in [3.63, 3.8) is 0 Å². The SMILES string of the molecule is Cc1noc(C)c1CSCC(=O)NC1CCC(N)CC1. The smallest absolute Gasteiger partial charge is 0.230 e. The predicted octanol–water partition coefficient (Wildman–Crippen LogP) is 1.91. The topological polar surface area (TPSA) is 81.2 Å². The van der Waals surface area contributed by atoms with Crippen LogP contribution in [-0.2, 0) is 10.5 Å². The molecule has 1 amide bonds. The number of aromatic nitrogens is 1. The molecule has 20 heavy (non-hydrogen) atoms. The molecule has 1 aromatic rings. The van der Waals surface area contributed by atoms with Gasteiger partial charge in [0.15, 0.2) is 0 Å². The van der Waals surface area contributed by atoms with Crippen LogP contribution in [0.5, 0.6) is 0 Å². The number of hydrogen-bond donors (Lipinski definition) is 2. The van der Waals surface area contributed by atoms with E-state index in [1.165, 1.54) is 0 Å². The Morgan fingerprint density at radius 3 is 2.70 bits per heavy atom. The van der Waals surface area contributed by atoms with Gasteiger partial charge in [0.05, 0.1) is 11.4 Å². The van der Waals surface area contributed by atoms with E-state index in [1.54, 1.807) is 11.8 Å². The second-order valence-electron chi connectivity index (χ2n) is 5.47. The Morgan fingerprint density at radius 1 is 1.40 bits per heavy atom. The lowest BCUT2D eigenvalue weighted by atomic mass is 9.92. The average Bonchev–Trinajstić information content (AvgIpc) is 2.73. The molecule has 0 atom stereocenters. The zero-order chi connectivity index (χ0) is 14.5. The van der Waals surface area contributed by atoms with Gasteiger partial charge in [-0.3, -0.25) is 4.79 Å². The van der Waals surface area contributed by atoms with E-state index >= 15 is 0 Å². The lowest BCUT2D eigenvalue weighted by molar-refractivity contribution is -0.119. The third-order valence-electron chi connectivity index (χ3n) is 3.80. The molecule has 5 nitrogen and oxygen atoms in total. The molecule has 0 radical (unpaired) electrons. The Labute approximate surface area is 124 Å². The molecule has 0 bridgehead atoms. The van der Waals surface area contributed by atoms with Crippen molar-refractivity contribution in [2.24, 2.45) is 5.73 Å². The van der Waals surface area contributed by atoms with Crippen LogP contribution in [0.1, 0.15) is 42.7 Å². The highest BCUT2D eigenvalue weighted by Gasteiger charge is 2.20. The monoisotopic (exact) mass is 297 g/mol. The highest BCUT2D eigenvalue weighted by atomic mass is 32.2. The molecule has 1 saturated carbocycles. The van der Waals surface area contributed by atoms with Crippen LogP contribution in [0.25, 0.3) is 0 Å². The second-order valence-corrected chi connectivity index (χ2v) is 6.46. The predicted molar refractivity (Wildman–Crippen MR) is 80.5 cm³/mol. The summed E-state index contributed by atoms with van der Waals surface area (Å²) in [4.78, 5) is 11.9. The Balaban J connectivity index is 1.68. The number of rotatable bonds is 5. The second kappa shape index (κ2) is 7.13. The van der Waals surface area contributed by atoms with Gasteiger partial charge in [-0.2, -0.15) is 0 Å². The number of nitrogens with two attached hydrogens (primary N) is 1. The zero-order valence-corrected chi connectivity index (χ0v) is 13.0. The van der Waals surface area contributed by atoms with Crippen molar-refractivity contribution >= 4 is 17.7 Å². The molecule has 2 rings (SSSR count). The van der Waals surface area contributed by atoms with E-state index in [-0.39, 0.29) is 5.91 Å². The maximum Gasteiger partial charge on any atom is 0.230 e. The van der Waals surface area contributed by atoms with E-state index in [9.17, 15) is 4.79 Å². The summed E-state index contributed by atoms with van der Waals surface area (Å²) in [5.41, 5.74) is 7.88. The van der Waals surface area contributed by atoms with Crippen molar-refractivity contribution in [2.75, 3.05) is 5.75 Å². The number of carbonyl (C=O) groups excluding carboxylic acids is 1. The van der Waals surface area contributed by atoms with Crippen LogP contribution in [0.3, 0.4) is 0 Å². The number of amides is 1.